The molecule has 0 aliphatic heterocycles. The molecule has 0 radical (unpaired) electrons. The van der Waals surface area contributed by atoms with Gasteiger partial charge in [-0.15, -0.1) is 0 Å². The fourth-order valence-corrected chi connectivity index (χ4v) is 1.66. The second-order valence-electron chi connectivity index (χ2n) is 4.08. The van der Waals surface area contributed by atoms with Gasteiger partial charge in [-0.3, -0.25) is 4.79 Å². The molecule has 3 nitrogen and oxygen atoms in total. The van der Waals surface area contributed by atoms with E-state index in [1.807, 2.05) is 45.0 Å². The minimum atomic E-state index is -0.433. The van der Waals surface area contributed by atoms with E-state index in [-0.39, 0.29) is 5.91 Å². The smallest absolute Gasteiger partial charge is 0.263 e. The van der Waals surface area contributed by atoms with Crippen molar-refractivity contribution >= 4 is 5.91 Å². The third kappa shape index (κ3) is 3.77. The molecule has 1 aromatic rings. The third-order valence-corrected chi connectivity index (χ3v) is 2.76. The Bertz CT molecular complexity index is 355. The van der Waals surface area contributed by atoms with Gasteiger partial charge in [-0.25, -0.2) is 0 Å². The normalized spacial score (nSPS) is 12.0. The SMILES string of the molecule is CCN(CC)C(=O)C(C)Oc1ccc(C)cc1. The van der Waals surface area contributed by atoms with Crippen LogP contribution >= 0.6 is 0 Å². The maximum atomic E-state index is 12.0. The van der Waals surface area contributed by atoms with E-state index in [1.54, 1.807) is 11.8 Å². The zero-order chi connectivity index (χ0) is 12.8. The molecular weight excluding hydrogens is 214 g/mol. The van der Waals surface area contributed by atoms with Crippen LogP contribution in [0.4, 0.5) is 0 Å². The number of hydrogen-bond donors (Lipinski definition) is 0. The summed E-state index contributed by atoms with van der Waals surface area (Å²) in [7, 11) is 0. The fourth-order valence-electron chi connectivity index (χ4n) is 1.66. The molecule has 94 valence electrons. The number of ether oxygens (including phenoxy) is 1. The molecule has 0 spiro atoms. The summed E-state index contributed by atoms with van der Waals surface area (Å²) in [4.78, 5) is 13.8. The highest BCUT2D eigenvalue weighted by Crippen LogP contribution is 2.14. The number of benzene rings is 1. The van der Waals surface area contributed by atoms with E-state index in [2.05, 4.69) is 0 Å². The monoisotopic (exact) mass is 235 g/mol. The predicted octanol–water partition coefficient (Wildman–Crippen LogP) is 2.63. The maximum Gasteiger partial charge on any atom is 0.263 e. The summed E-state index contributed by atoms with van der Waals surface area (Å²) in [6.45, 7) is 9.20. The first-order valence-corrected chi connectivity index (χ1v) is 6.10. The number of nitrogens with zero attached hydrogens (tertiary/aromatic N) is 1. The summed E-state index contributed by atoms with van der Waals surface area (Å²) in [6.07, 6.45) is -0.433. The average molecular weight is 235 g/mol. The van der Waals surface area contributed by atoms with Crippen LogP contribution in [0, 0.1) is 6.92 Å². The van der Waals surface area contributed by atoms with Crippen molar-refractivity contribution < 1.29 is 9.53 Å². The molecule has 0 aromatic heterocycles. The molecule has 1 rings (SSSR count). The summed E-state index contributed by atoms with van der Waals surface area (Å²) >= 11 is 0. The molecule has 0 saturated heterocycles. The Hall–Kier alpha value is -1.51. The molecule has 0 saturated carbocycles. The highest BCUT2D eigenvalue weighted by Gasteiger charge is 2.19. The minimum Gasteiger partial charge on any atom is -0.481 e. The lowest BCUT2D eigenvalue weighted by Gasteiger charge is -2.23. The van der Waals surface area contributed by atoms with E-state index in [0.717, 1.165) is 18.8 Å². The van der Waals surface area contributed by atoms with Gasteiger partial charge in [-0.1, -0.05) is 17.7 Å². The van der Waals surface area contributed by atoms with Gasteiger partial charge in [0, 0.05) is 13.1 Å². The van der Waals surface area contributed by atoms with E-state index in [9.17, 15) is 4.79 Å². The van der Waals surface area contributed by atoms with Crippen molar-refractivity contribution in [3.63, 3.8) is 0 Å². The molecule has 0 fully saturated rings. The molecule has 1 atom stereocenters. The largest absolute Gasteiger partial charge is 0.481 e. The van der Waals surface area contributed by atoms with Crippen LogP contribution < -0.4 is 4.74 Å². The lowest BCUT2D eigenvalue weighted by molar-refractivity contribution is -0.137. The summed E-state index contributed by atoms with van der Waals surface area (Å²) in [5, 5.41) is 0. The van der Waals surface area contributed by atoms with Gasteiger partial charge in [0.05, 0.1) is 0 Å². The van der Waals surface area contributed by atoms with Gasteiger partial charge in [0.1, 0.15) is 5.75 Å². The Balaban J connectivity index is 2.62. The van der Waals surface area contributed by atoms with Crippen molar-refractivity contribution in [1.82, 2.24) is 4.90 Å². The van der Waals surface area contributed by atoms with Gasteiger partial charge in [0.15, 0.2) is 6.10 Å². The zero-order valence-corrected chi connectivity index (χ0v) is 11.1. The van der Waals surface area contributed by atoms with Crippen molar-refractivity contribution in [3.05, 3.63) is 29.8 Å². The second-order valence-corrected chi connectivity index (χ2v) is 4.08. The molecule has 0 bridgehead atoms. The highest BCUT2D eigenvalue weighted by molar-refractivity contribution is 5.80. The quantitative estimate of drug-likeness (QED) is 0.785. The van der Waals surface area contributed by atoms with Crippen LogP contribution in [0.3, 0.4) is 0 Å². The molecule has 1 aromatic carbocycles. The number of amides is 1. The van der Waals surface area contributed by atoms with E-state index in [4.69, 9.17) is 4.74 Å². The highest BCUT2D eigenvalue weighted by atomic mass is 16.5. The number of hydrogen-bond acceptors (Lipinski definition) is 2. The van der Waals surface area contributed by atoms with Crippen LogP contribution in [-0.4, -0.2) is 30.0 Å². The maximum absolute atomic E-state index is 12.0. The molecule has 0 heterocycles. The molecule has 0 aliphatic rings. The van der Waals surface area contributed by atoms with Gasteiger partial charge in [-0.05, 0) is 39.8 Å². The summed E-state index contributed by atoms with van der Waals surface area (Å²) in [5.74, 6) is 0.777. The van der Waals surface area contributed by atoms with Gasteiger partial charge in [-0.2, -0.15) is 0 Å². The Morgan fingerprint density at radius 2 is 1.76 bits per heavy atom. The summed E-state index contributed by atoms with van der Waals surface area (Å²) in [5.41, 5.74) is 1.18. The predicted molar refractivity (Wildman–Crippen MR) is 69.2 cm³/mol. The lowest BCUT2D eigenvalue weighted by Crippen LogP contribution is -2.40. The topological polar surface area (TPSA) is 29.5 Å². The number of likely N-dealkylation sites (N-methyl/N-ethyl adjacent to an activating group) is 1. The van der Waals surface area contributed by atoms with Crippen molar-refractivity contribution in [1.29, 1.82) is 0 Å². The zero-order valence-electron chi connectivity index (χ0n) is 11.1. The first-order valence-electron chi connectivity index (χ1n) is 6.10. The van der Waals surface area contributed by atoms with Crippen molar-refractivity contribution in [2.75, 3.05) is 13.1 Å². The van der Waals surface area contributed by atoms with Crippen molar-refractivity contribution in [2.24, 2.45) is 0 Å². The van der Waals surface area contributed by atoms with Crippen LogP contribution in [0.2, 0.25) is 0 Å². The number of rotatable bonds is 5. The van der Waals surface area contributed by atoms with E-state index in [0.29, 0.717) is 0 Å². The van der Waals surface area contributed by atoms with Crippen LogP contribution in [0.5, 0.6) is 5.75 Å². The van der Waals surface area contributed by atoms with Crippen LogP contribution in [0.25, 0.3) is 0 Å². The van der Waals surface area contributed by atoms with Crippen LogP contribution in [0.15, 0.2) is 24.3 Å². The Morgan fingerprint density at radius 3 is 2.24 bits per heavy atom. The molecule has 1 unspecified atom stereocenters. The molecule has 3 heteroatoms. The molecule has 0 N–H and O–H groups in total. The molecular formula is C14H21NO2. The lowest BCUT2D eigenvalue weighted by atomic mass is 10.2. The average Bonchev–Trinajstić information content (AvgIpc) is 2.33. The van der Waals surface area contributed by atoms with Gasteiger partial charge in [0.2, 0.25) is 0 Å². The number of aryl methyl sites for hydroxylation is 1. The minimum absolute atomic E-state index is 0.0376. The number of carbonyl (C=O) groups is 1. The summed E-state index contributed by atoms with van der Waals surface area (Å²) in [6, 6.07) is 7.73. The molecule has 0 aliphatic carbocycles. The van der Waals surface area contributed by atoms with Gasteiger partial charge < -0.3 is 9.64 Å². The van der Waals surface area contributed by atoms with Crippen molar-refractivity contribution in [2.45, 2.75) is 33.8 Å². The Morgan fingerprint density at radius 1 is 1.24 bits per heavy atom. The van der Waals surface area contributed by atoms with Gasteiger partial charge >= 0.3 is 0 Å². The Labute approximate surface area is 103 Å². The van der Waals surface area contributed by atoms with Crippen LogP contribution in [-0.2, 0) is 4.79 Å². The summed E-state index contributed by atoms with van der Waals surface area (Å²) < 4.78 is 5.62. The number of carbonyl (C=O) groups excluding carboxylic acids is 1. The van der Waals surface area contributed by atoms with Crippen molar-refractivity contribution in [3.8, 4) is 5.75 Å². The second kappa shape index (κ2) is 6.28. The first-order chi connectivity index (χ1) is 8.08. The standard InChI is InChI=1S/C14H21NO2/c1-5-15(6-2)14(16)12(4)17-13-9-7-11(3)8-10-13/h7-10,12H,5-6H2,1-4H3. The van der Waals surface area contributed by atoms with E-state index in [1.165, 1.54) is 5.56 Å². The van der Waals surface area contributed by atoms with E-state index < -0.39 is 6.10 Å². The molecule has 17 heavy (non-hydrogen) atoms. The molecule has 1 amide bonds. The fraction of sp³-hybridized carbons (Fsp3) is 0.500. The van der Waals surface area contributed by atoms with Gasteiger partial charge in [0.25, 0.3) is 5.91 Å². The Kier molecular flexibility index (Phi) is 5.01. The first kappa shape index (κ1) is 13.6. The van der Waals surface area contributed by atoms with Crippen LogP contribution in [0.1, 0.15) is 26.3 Å². The van der Waals surface area contributed by atoms with E-state index >= 15 is 0 Å². The third-order valence-electron chi connectivity index (χ3n) is 2.76.